The summed E-state index contributed by atoms with van der Waals surface area (Å²) in [5.41, 5.74) is 0. The van der Waals surface area contributed by atoms with Crippen LogP contribution in [0.3, 0.4) is 0 Å². The molecule has 1 fully saturated rings. The van der Waals surface area contributed by atoms with E-state index in [2.05, 4.69) is 22.4 Å². The molecule has 1 aliphatic heterocycles. The smallest absolute Gasteiger partial charge is 0.254 e. The molecule has 1 atom stereocenters. The third-order valence-electron chi connectivity index (χ3n) is 3.48. The zero-order chi connectivity index (χ0) is 15.2. The second-order valence-corrected chi connectivity index (χ2v) is 5.97. The van der Waals surface area contributed by atoms with Crippen LogP contribution >= 0.6 is 0 Å². The average Bonchev–Trinajstić information content (AvgIpc) is 2.83. The molecule has 6 nitrogen and oxygen atoms in total. The lowest BCUT2D eigenvalue weighted by molar-refractivity contribution is -0.122. The van der Waals surface area contributed by atoms with E-state index < -0.39 is 0 Å². The first-order chi connectivity index (χ1) is 10.0. The fraction of sp³-hybridized carbons (Fsp3) is 0.733. The van der Waals surface area contributed by atoms with Gasteiger partial charge in [-0.05, 0) is 45.4 Å². The van der Waals surface area contributed by atoms with Gasteiger partial charge in [0.05, 0.1) is 6.10 Å². The van der Waals surface area contributed by atoms with Gasteiger partial charge < -0.3 is 19.5 Å². The molecule has 0 bridgehead atoms. The number of amides is 1. The van der Waals surface area contributed by atoms with Crippen molar-refractivity contribution in [1.82, 2.24) is 15.4 Å². The SMILES string of the molecule is CC(C)Oc1cc(CCC(=O)NC2CCCN(C)C2)on1. The molecular formula is C15H25N3O3. The van der Waals surface area contributed by atoms with Gasteiger partial charge in [0, 0.05) is 31.5 Å². The lowest BCUT2D eigenvalue weighted by Gasteiger charge is -2.30. The van der Waals surface area contributed by atoms with Crippen LogP contribution in [0.5, 0.6) is 5.88 Å². The summed E-state index contributed by atoms with van der Waals surface area (Å²) < 4.78 is 10.6. The van der Waals surface area contributed by atoms with Gasteiger partial charge in [-0.15, -0.1) is 0 Å². The van der Waals surface area contributed by atoms with Crippen molar-refractivity contribution in [2.45, 2.75) is 51.7 Å². The molecule has 21 heavy (non-hydrogen) atoms. The van der Waals surface area contributed by atoms with Crippen LogP contribution in [0.15, 0.2) is 10.6 Å². The summed E-state index contributed by atoms with van der Waals surface area (Å²) in [6.07, 6.45) is 3.22. The molecular weight excluding hydrogens is 270 g/mol. The van der Waals surface area contributed by atoms with E-state index in [1.54, 1.807) is 6.07 Å². The molecule has 0 aliphatic carbocycles. The maximum absolute atomic E-state index is 12.0. The van der Waals surface area contributed by atoms with Gasteiger partial charge in [-0.25, -0.2) is 0 Å². The van der Waals surface area contributed by atoms with Crippen LogP contribution in [0.4, 0.5) is 0 Å². The Labute approximate surface area is 125 Å². The lowest BCUT2D eigenvalue weighted by Crippen LogP contribution is -2.46. The second-order valence-electron chi connectivity index (χ2n) is 5.97. The number of nitrogens with one attached hydrogen (secondary N) is 1. The number of nitrogens with zero attached hydrogens (tertiary/aromatic N) is 2. The predicted molar refractivity (Wildman–Crippen MR) is 79.2 cm³/mol. The third kappa shape index (κ3) is 5.38. The number of hydrogen-bond acceptors (Lipinski definition) is 5. The molecule has 0 saturated carbocycles. The summed E-state index contributed by atoms with van der Waals surface area (Å²) in [7, 11) is 2.09. The van der Waals surface area contributed by atoms with Crippen LogP contribution in [0.1, 0.15) is 38.9 Å². The topological polar surface area (TPSA) is 67.6 Å². The Morgan fingerprint density at radius 2 is 2.43 bits per heavy atom. The minimum Gasteiger partial charge on any atom is -0.473 e. The number of piperidine rings is 1. The molecule has 1 unspecified atom stereocenters. The molecule has 1 aromatic rings. The van der Waals surface area contributed by atoms with Crippen molar-refractivity contribution in [2.24, 2.45) is 0 Å². The van der Waals surface area contributed by atoms with E-state index in [0.29, 0.717) is 24.5 Å². The number of carbonyl (C=O) groups is 1. The van der Waals surface area contributed by atoms with Crippen molar-refractivity contribution in [3.8, 4) is 5.88 Å². The molecule has 0 spiro atoms. The quantitative estimate of drug-likeness (QED) is 0.863. The van der Waals surface area contributed by atoms with Crippen molar-refractivity contribution in [3.05, 3.63) is 11.8 Å². The molecule has 1 saturated heterocycles. The van der Waals surface area contributed by atoms with Crippen LogP contribution < -0.4 is 10.1 Å². The zero-order valence-corrected chi connectivity index (χ0v) is 13.1. The maximum atomic E-state index is 12.0. The number of aromatic nitrogens is 1. The fourth-order valence-electron chi connectivity index (χ4n) is 2.53. The van der Waals surface area contributed by atoms with Gasteiger partial charge in [-0.2, -0.15) is 0 Å². The van der Waals surface area contributed by atoms with Crippen LogP contribution in [-0.4, -0.2) is 48.2 Å². The highest BCUT2D eigenvalue weighted by Crippen LogP contribution is 2.14. The standard InChI is InChI=1S/C15H25N3O3/c1-11(2)20-15-9-13(21-17-15)6-7-14(19)16-12-5-4-8-18(3)10-12/h9,11-12H,4-8,10H2,1-3H3,(H,16,19). The molecule has 2 heterocycles. The van der Waals surface area contributed by atoms with Gasteiger partial charge in [0.1, 0.15) is 5.76 Å². The molecule has 2 rings (SSSR count). The summed E-state index contributed by atoms with van der Waals surface area (Å²) in [6, 6.07) is 2.02. The first-order valence-corrected chi connectivity index (χ1v) is 7.63. The monoisotopic (exact) mass is 295 g/mol. The highest BCUT2D eigenvalue weighted by atomic mass is 16.5. The Hall–Kier alpha value is -1.56. The second kappa shape index (κ2) is 7.45. The fourth-order valence-corrected chi connectivity index (χ4v) is 2.53. The Kier molecular flexibility index (Phi) is 5.61. The Morgan fingerprint density at radius 1 is 1.62 bits per heavy atom. The van der Waals surface area contributed by atoms with Crippen molar-refractivity contribution >= 4 is 5.91 Å². The van der Waals surface area contributed by atoms with E-state index in [1.807, 2.05) is 13.8 Å². The normalized spacial score (nSPS) is 19.7. The van der Waals surface area contributed by atoms with E-state index >= 15 is 0 Å². The molecule has 1 aliphatic rings. The number of carbonyl (C=O) groups excluding carboxylic acids is 1. The van der Waals surface area contributed by atoms with E-state index in [-0.39, 0.29) is 18.1 Å². The largest absolute Gasteiger partial charge is 0.473 e. The Balaban J connectivity index is 1.72. The summed E-state index contributed by atoms with van der Waals surface area (Å²) in [4.78, 5) is 14.2. The Bertz CT molecular complexity index is 459. The van der Waals surface area contributed by atoms with E-state index in [9.17, 15) is 4.79 Å². The molecule has 1 N–H and O–H groups in total. The van der Waals surface area contributed by atoms with Crippen LogP contribution in [0.2, 0.25) is 0 Å². The van der Waals surface area contributed by atoms with Crippen LogP contribution in [-0.2, 0) is 11.2 Å². The maximum Gasteiger partial charge on any atom is 0.254 e. The molecule has 1 amide bonds. The first-order valence-electron chi connectivity index (χ1n) is 7.63. The zero-order valence-electron chi connectivity index (χ0n) is 13.1. The number of ether oxygens (including phenoxy) is 1. The summed E-state index contributed by atoms with van der Waals surface area (Å²) in [6.45, 7) is 5.91. The molecule has 0 aromatic carbocycles. The first kappa shape index (κ1) is 15.8. The minimum absolute atomic E-state index is 0.0644. The van der Waals surface area contributed by atoms with Gasteiger partial charge in [-0.1, -0.05) is 0 Å². The van der Waals surface area contributed by atoms with E-state index in [0.717, 1.165) is 25.9 Å². The number of hydrogen-bond donors (Lipinski definition) is 1. The summed E-state index contributed by atoms with van der Waals surface area (Å²) in [5, 5.41) is 6.91. The van der Waals surface area contributed by atoms with Gasteiger partial charge in [0.25, 0.3) is 5.88 Å². The Morgan fingerprint density at radius 3 is 3.14 bits per heavy atom. The predicted octanol–water partition coefficient (Wildman–Crippen LogP) is 1.60. The van der Waals surface area contributed by atoms with Gasteiger partial charge in [0.2, 0.25) is 5.91 Å². The summed E-state index contributed by atoms with van der Waals surface area (Å²) in [5.74, 6) is 1.23. The number of aryl methyl sites for hydroxylation is 1. The van der Waals surface area contributed by atoms with Crippen LogP contribution in [0.25, 0.3) is 0 Å². The van der Waals surface area contributed by atoms with Crippen molar-refractivity contribution in [1.29, 1.82) is 0 Å². The van der Waals surface area contributed by atoms with Crippen molar-refractivity contribution < 1.29 is 14.1 Å². The molecule has 1 aromatic heterocycles. The number of likely N-dealkylation sites (N-methyl/N-ethyl adjacent to an activating group) is 1. The highest BCUT2D eigenvalue weighted by Gasteiger charge is 2.19. The average molecular weight is 295 g/mol. The molecule has 118 valence electrons. The molecule has 0 radical (unpaired) electrons. The van der Waals surface area contributed by atoms with Crippen molar-refractivity contribution in [2.75, 3.05) is 20.1 Å². The summed E-state index contributed by atoms with van der Waals surface area (Å²) >= 11 is 0. The molecule has 6 heteroatoms. The third-order valence-corrected chi connectivity index (χ3v) is 3.48. The highest BCUT2D eigenvalue weighted by molar-refractivity contribution is 5.76. The lowest BCUT2D eigenvalue weighted by atomic mass is 10.1. The minimum atomic E-state index is 0.0644. The van der Waals surface area contributed by atoms with Gasteiger partial charge in [-0.3, -0.25) is 4.79 Å². The van der Waals surface area contributed by atoms with Crippen molar-refractivity contribution in [3.63, 3.8) is 0 Å². The van der Waals surface area contributed by atoms with Gasteiger partial charge >= 0.3 is 0 Å². The number of likely N-dealkylation sites (tertiary alicyclic amines) is 1. The van der Waals surface area contributed by atoms with E-state index in [1.165, 1.54) is 0 Å². The van der Waals surface area contributed by atoms with Crippen LogP contribution in [0, 0.1) is 0 Å². The van der Waals surface area contributed by atoms with E-state index in [4.69, 9.17) is 9.26 Å². The number of rotatable bonds is 6. The van der Waals surface area contributed by atoms with Gasteiger partial charge in [0.15, 0.2) is 0 Å².